The summed E-state index contributed by atoms with van der Waals surface area (Å²) in [6, 6.07) is 12.0. The fourth-order valence-corrected chi connectivity index (χ4v) is 4.45. The van der Waals surface area contributed by atoms with Crippen molar-refractivity contribution in [2.75, 3.05) is 26.1 Å². The number of rotatable bonds is 6. The lowest BCUT2D eigenvalue weighted by Gasteiger charge is -2.24. The van der Waals surface area contributed by atoms with Crippen LogP contribution in [0, 0.1) is 6.92 Å². The smallest absolute Gasteiger partial charge is 0.296 e. The Morgan fingerprint density at radius 1 is 1.09 bits per heavy atom. The van der Waals surface area contributed by atoms with E-state index in [1.165, 1.54) is 16.9 Å². The number of aliphatic hydroxyl groups excluding tert-OH is 1. The van der Waals surface area contributed by atoms with Gasteiger partial charge in [0.1, 0.15) is 10.8 Å². The Balaban J connectivity index is 1.86. The molecule has 2 heterocycles. The van der Waals surface area contributed by atoms with E-state index in [2.05, 4.69) is 10.2 Å². The molecule has 2 aromatic carbocycles. The van der Waals surface area contributed by atoms with Gasteiger partial charge in [0.2, 0.25) is 5.13 Å². The number of ketones is 1. The number of aromatic nitrogens is 2. The summed E-state index contributed by atoms with van der Waals surface area (Å²) in [6.07, 6.45) is 0. The third kappa shape index (κ3) is 4.03. The first-order valence-electron chi connectivity index (χ1n) is 10.3. The highest BCUT2D eigenvalue weighted by molar-refractivity contribution is 7.15. The lowest BCUT2D eigenvalue weighted by molar-refractivity contribution is -0.117. The lowest BCUT2D eigenvalue weighted by atomic mass is 9.92. The number of aryl methyl sites for hydroxylation is 1. The van der Waals surface area contributed by atoms with E-state index in [-0.39, 0.29) is 22.2 Å². The number of carbonyl (C=O) groups is 3. The molecule has 0 saturated carbocycles. The van der Waals surface area contributed by atoms with Crippen LogP contribution < -0.4 is 9.64 Å². The van der Waals surface area contributed by atoms with Gasteiger partial charge in [0, 0.05) is 25.2 Å². The van der Waals surface area contributed by atoms with Crippen molar-refractivity contribution in [1.82, 2.24) is 15.1 Å². The Hall–Kier alpha value is -4.05. The van der Waals surface area contributed by atoms with Crippen LogP contribution >= 0.6 is 11.3 Å². The molecule has 0 spiro atoms. The minimum Gasteiger partial charge on any atom is -0.503 e. The maximum absolute atomic E-state index is 13.6. The first-order chi connectivity index (χ1) is 16.2. The Morgan fingerprint density at radius 3 is 2.38 bits per heavy atom. The molecule has 1 atom stereocenters. The summed E-state index contributed by atoms with van der Waals surface area (Å²) >= 11 is 1.16. The van der Waals surface area contributed by atoms with Crippen molar-refractivity contribution in [1.29, 1.82) is 0 Å². The number of hydrogen-bond donors (Lipinski definition) is 1. The maximum Gasteiger partial charge on any atom is 0.296 e. The van der Waals surface area contributed by atoms with Gasteiger partial charge in [-0.25, -0.2) is 0 Å². The number of anilines is 1. The van der Waals surface area contributed by atoms with Crippen molar-refractivity contribution in [3.05, 3.63) is 81.6 Å². The highest BCUT2D eigenvalue weighted by Crippen LogP contribution is 2.43. The van der Waals surface area contributed by atoms with Gasteiger partial charge >= 0.3 is 0 Å². The molecule has 34 heavy (non-hydrogen) atoms. The summed E-state index contributed by atoms with van der Waals surface area (Å²) < 4.78 is 5.15. The summed E-state index contributed by atoms with van der Waals surface area (Å²) in [5, 5.41) is 19.8. The Morgan fingerprint density at radius 2 is 1.79 bits per heavy atom. The average Bonchev–Trinajstić information content (AvgIpc) is 3.38. The summed E-state index contributed by atoms with van der Waals surface area (Å²) in [4.78, 5) is 42.0. The van der Waals surface area contributed by atoms with Crippen LogP contribution in [0.1, 0.15) is 37.3 Å². The lowest BCUT2D eigenvalue weighted by Crippen LogP contribution is -2.31. The highest BCUT2D eigenvalue weighted by Gasteiger charge is 2.46. The minimum absolute atomic E-state index is 0.0996. The maximum atomic E-state index is 13.6. The molecule has 1 N–H and O–H groups in total. The number of Topliss-reactive ketones (excluding diaryl/α,β-unsaturated/α-hetero) is 1. The third-order valence-electron chi connectivity index (χ3n) is 5.38. The van der Waals surface area contributed by atoms with Gasteiger partial charge in [-0.05, 0) is 48.9 Å². The van der Waals surface area contributed by atoms with Gasteiger partial charge in [-0.2, -0.15) is 0 Å². The van der Waals surface area contributed by atoms with Crippen LogP contribution in [0.2, 0.25) is 0 Å². The third-order valence-corrected chi connectivity index (χ3v) is 6.22. The molecule has 0 bridgehead atoms. The van der Waals surface area contributed by atoms with Crippen molar-refractivity contribution in [2.24, 2.45) is 0 Å². The molecule has 3 aromatic rings. The fourth-order valence-electron chi connectivity index (χ4n) is 3.73. The summed E-state index contributed by atoms with van der Waals surface area (Å²) in [5.74, 6) is -1.62. The second-order valence-corrected chi connectivity index (χ2v) is 8.99. The molecule has 0 fully saturated rings. The van der Waals surface area contributed by atoms with E-state index in [4.69, 9.17) is 4.74 Å². The molecule has 1 aliphatic heterocycles. The second kappa shape index (κ2) is 9.06. The van der Waals surface area contributed by atoms with E-state index in [1.54, 1.807) is 69.6 Å². The zero-order valence-corrected chi connectivity index (χ0v) is 19.8. The van der Waals surface area contributed by atoms with Gasteiger partial charge in [-0.1, -0.05) is 23.5 Å². The van der Waals surface area contributed by atoms with Gasteiger partial charge in [0.15, 0.2) is 11.5 Å². The van der Waals surface area contributed by atoms with Crippen molar-refractivity contribution in [2.45, 2.75) is 13.0 Å². The van der Waals surface area contributed by atoms with Crippen LogP contribution in [0.25, 0.3) is 0 Å². The van der Waals surface area contributed by atoms with Gasteiger partial charge in [-0.15, -0.1) is 10.2 Å². The molecule has 1 aromatic heterocycles. The van der Waals surface area contributed by atoms with Crippen LogP contribution in [-0.2, 0) is 4.79 Å². The van der Waals surface area contributed by atoms with Crippen LogP contribution in [0.5, 0.6) is 5.75 Å². The zero-order chi connectivity index (χ0) is 24.6. The number of benzene rings is 2. The quantitative estimate of drug-likeness (QED) is 0.541. The first-order valence-corrected chi connectivity index (χ1v) is 11.1. The zero-order valence-electron chi connectivity index (χ0n) is 19.0. The predicted octanol–water partition coefficient (Wildman–Crippen LogP) is 3.34. The van der Waals surface area contributed by atoms with E-state index < -0.39 is 23.5 Å². The number of aliphatic hydroxyl groups is 1. The van der Waals surface area contributed by atoms with Gasteiger partial charge < -0.3 is 14.7 Å². The van der Waals surface area contributed by atoms with Crippen LogP contribution in [0.15, 0.2) is 59.9 Å². The Kier molecular flexibility index (Phi) is 6.16. The van der Waals surface area contributed by atoms with E-state index in [9.17, 15) is 19.5 Å². The molecule has 0 aliphatic carbocycles. The number of hydrogen-bond acceptors (Lipinski definition) is 8. The molecule has 0 saturated heterocycles. The number of ether oxygens (including phenoxy) is 1. The minimum atomic E-state index is -0.996. The Bertz CT molecular complexity index is 1310. The molecule has 174 valence electrons. The molecule has 0 radical (unpaired) electrons. The second-order valence-electron chi connectivity index (χ2n) is 7.83. The fraction of sp³-hybridized carbons (Fsp3) is 0.208. The molecule has 1 unspecified atom stereocenters. The summed E-state index contributed by atoms with van der Waals surface area (Å²) in [5.41, 5.74) is 1.04. The van der Waals surface area contributed by atoms with Crippen molar-refractivity contribution in [3.63, 3.8) is 0 Å². The van der Waals surface area contributed by atoms with Gasteiger partial charge in [-0.3, -0.25) is 19.3 Å². The molecule has 9 nitrogen and oxygen atoms in total. The topological polar surface area (TPSA) is 113 Å². The van der Waals surface area contributed by atoms with Crippen LogP contribution in [-0.4, -0.2) is 59.0 Å². The number of carbonyl (C=O) groups excluding carboxylic acids is 3. The summed E-state index contributed by atoms with van der Waals surface area (Å²) in [7, 11) is 4.78. The molecule has 4 rings (SSSR count). The number of methoxy groups -OCH3 is 1. The number of nitrogens with zero attached hydrogens (tertiary/aromatic N) is 4. The Labute approximate surface area is 199 Å². The van der Waals surface area contributed by atoms with Crippen molar-refractivity contribution in [3.8, 4) is 5.75 Å². The highest BCUT2D eigenvalue weighted by atomic mass is 32.1. The molecule has 1 aliphatic rings. The predicted molar refractivity (Wildman–Crippen MR) is 126 cm³/mol. The number of amides is 2. The normalized spacial score (nSPS) is 15.6. The van der Waals surface area contributed by atoms with E-state index >= 15 is 0 Å². The largest absolute Gasteiger partial charge is 0.503 e. The molecule has 2 amide bonds. The monoisotopic (exact) mass is 478 g/mol. The van der Waals surface area contributed by atoms with Crippen LogP contribution in [0.4, 0.5) is 5.13 Å². The van der Waals surface area contributed by atoms with E-state index in [0.29, 0.717) is 21.9 Å². The van der Waals surface area contributed by atoms with Gasteiger partial charge in [0.05, 0.1) is 18.7 Å². The molecular formula is C24H22N4O5S. The standard InChI is InChI=1S/C24H22N4O5S/c1-13-25-26-24(34-13)28-19(15-6-5-7-16(12-15)22(31)27(2)3)18(21(30)23(28)32)20(29)14-8-10-17(33-4)11-9-14/h5-12,19,30H,1-4H3. The van der Waals surface area contributed by atoms with Gasteiger partial charge in [0.25, 0.3) is 11.8 Å². The van der Waals surface area contributed by atoms with Crippen molar-refractivity contribution >= 4 is 34.1 Å². The molecular weight excluding hydrogens is 456 g/mol. The first kappa shape index (κ1) is 23.1. The SMILES string of the molecule is COc1ccc(C(=O)C2=C(O)C(=O)N(c3nnc(C)s3)C2c2cccc(C(=O)N(C)C)c2)cc1. The molecule has 10 heteroatoms. The summed E-state index contributed by atoms with van der Waals surface area (Å²) in [6.45, 7) is 1.74. The van der Waals surface area contributed by atoms with Crippen molar-refractivity contribution < 1.29 is 24.2 Å². The van der Waals surface area contributed by atoms with Crippen LogP contribution in [0.3, 0.4) is 0 Å². The average molecular weight is 479 g/mol. The van der Waals surface area contributed by atoms with E-state index in [1.807, 2.05) is 0 Å². The van der Waals surface area contributed by atoms with E-state index in [0.717, 1.165) is 11.3 Å².